The zero-order chi connectivity index (χ0) is 12.8. The van der Waals surface area contributed by atoms with E-state index in [1.165, 1.54) is 5.75 Å². The van der Waals surface area contributed by atoms with E-state index in [1.807, 2.05) is 18.7 Å². The smallest absolute Gasteiger partial charge is 0.191 e. The zero-order valence-corrected chi connectivity index (χ0v) is 12.2. The highest BCUT2D eigenvalue weighted by atomic mass is 32.2. The first-order valence-electron chi connectivity index (χ1n) is 6.44. The van der Waals surface area contributed by atoms with Crippen LogP contribution in [-0.2, 0) is 4.74 Å². The van der Waals surface area contributed by atoms with Gasteiger partial charge >= 0.3 is 0 Å². The van der Waals surface area contributed by atoms with Crippen molar-refractivity contribution < 1.29 is 4.74 Å². The van der Waals surface area contributed by atoms with E-state index in [-0.39, 0.29) is 0 Å². The molecule has 0 radical (unpaired) electrons. The number of thioether (sulfide) groups is 1. The second kappa shape index (κ2) is 13.6. The Hall–Kier alpha value is -0.420. The van der Waals surface area contributed by atoms with Crippen LogP contribution in [0.1, 0.15) is 26.7 Å². The first kappa shape index (κ1) is 16.6. The lowest BCUT2D eigenvalue weighted by atomic mass is 10.4. The average molecular weight is 261 g/mol. The highest BCUT2D eigenvalue weighted by Gasteiger charge is 1.95. The van der Waals surface area contributed by atoms with E-state index in [9.17, 15) is 0 Å². The molecule has 0 aliphatic heterocycles. The third-order valence-electron chi connectivity index (χ3n) is 2.08. The number of ether oxygens (including phenoxy) is 1. The van der Waals surface area contributed by atoms with Gasteiger partial charge in [0.2, 0.25) is 0 Å². The van der Waals surface area contributed by atoms with Crippen molar-refractivity contribution in [2.24, 2.45) is 4.99 Å². The van der Waals surface area contributed by atoms with Crippen molar-refractivity contribution in [2.75, 3.05) is 44.9 Å². The molecule has 0 aliphatic carbocycles. The molecule has 0 saturated heterocycles. The van der Waals surface area contributed by atoms with Gasteiger partial charge in [-0.05, 0) is 38.7 Å². The second-order valence-electron chi connectivity index (χ2n) is 3.58. The molecule has 0 bridgehead atoms. The summed E-state index contributed by atoms with van der Waals surface area (Å²) in [6.45, 7) is 8.41. The molecule has 0 atom stereocenters. The molecular weight excluding hydrogens is 234 g/mol. The Morgan fingerprint density at radius 3 is 2.71 bits per heavy atom. The van der Waals surface area contributed by atoms with Gasteiger partial charge in [0.15, 0.2) is 5.96 Å². The predicted molar refractivity (Wildman–Crippen MR) is 78.1 cm³/mol. The molecule has 0 spiro atoms. The molecule has 0 aromatic rings. The standard InChI is InChI=1S/C12H27N3OS/c1-4-13-12(15-9-7-11-17-3)14-8-6-10-16-5-2/h4-11H2,1-3H3,(H2,13,14,15). The number of nitrogens with one attached hydrogen (secondary N) is 2. The van der Waals surface area contributed by atoms with E-state index in [1.54, 1.807) is 0 Å². The fourth-order valence-electron chi connectivity index (χ4n) is 1.27. The quantitative estimate of drug-likeness (QED) is 0.357. The Kier molecular flexibility index (Phi) is 13.3. The van der Waals surface area contributed by atoms with Crippen molar-refractivity contribution in [1.29, 1.82) is 0 Å². The molecule has 4 nitrogen and oxygen atoms in total. The van der Waals surface area contributed by atoms with E-state index in [0.717, 1.165) is 51.6 Å². The molecule has 0 amide bonds. The van der Waals surface area contributed by atoms with E-state index in [0.29, 0.717) is 0 Å². The summed E-state index contributed by atoms with van der Waals surface area (Å²) < 4.78 is 5.29. The maximum Gasteiger partial charge on any atom is 0.191 e. The van der Waals surface area contributed by atoms with Crippen LogP contribution >= 0.6 is 11.8 Å². The lowest BCUT2D eigenvalue weighted by Gasteiger charge is -2.11. The Balaban J connectivity index is 3.65. The van der Waals surface area contributed by atoms with Crippen LogP contribution in [0.4, 0.5) is 0 Å². The summed E-state index contributed by atoms with van der Waals surface area (Å²) in [5.74, 6) is 2.10. The van der Waals surface area contributed by atoms with Crippen molar-refractivity contribution in [1.82, 2.24) is 10.6 Å². The molecule has 17 heavy (non-hydrogen) atoms. The Morgan fingerprint density at radius 2 is 2.06 bits per heavy atom. The Labute approximate surface area is 110 Å². The minimum atomic E-state index is 0.794. The summed E-state index contributed by atoms with van der Waals surface area (Å²) in [5, 5.41) is 6.55. The molecule has 0 aromatic heterocycles. The van der Waals surface area contributed by atoms with Gasteiger partial charge in [-0.1, -0.05) is 0 Å². The van der Waals surface area contributed by atoms with Gasteiger partial charge < -0.3 is 15.4 Å². The van der Waals surface area contributed by atoms with Crippen molar-refractivity contribution >= 4 is 17.7 Å². The number of hydrogen-bond acceptors (Lipinski definition) is 3. The van der Waals surface area contributed by atoms with E-state index < -0.39 is 0 Å². The Morgan fingerprint density at radius 1 is 1.24 bits per heavy atom. The molecule has 0 unspecified atom stereocenters. The first-order chi connectivity index (χ1) is 8.35. The van der Waals surface area contributed by atoms with E-state index >= 15 is 0 Å². The summed E-state index contributed by atoms with van der Waals surface area (Å²) in [6, 6.07) is 0. The minimum Gasteiger partial charge on any atom is -0.382 e. The maximum atomic E-state index is 5.29. The van der Waals surface area contributed by atoms with Crippen molar-refractivity contribution in [3.63, 3.8) is 0 Å². The number of hydrogen-bond donors (Lipinski definition) is 2. The van der Waals surface area contributed by atoms with Crippen LogP contribution in [0.3, 0.4) is 0 Å². The van der Waals surface area contributed by atoms with Crippen LogP contribution < -0.4 is 10.6 Å². The van der Waals surface area contributed by atoms with E-state index in [2.05, 4.69) is 28.8 Å². The highest BCUT2D eigenvalue weighted by molar-refractivity contribution is 7.98. The van der Waals surface area contributed by atoms with Crippen LogP contribution in [0, 0.1) is 0 Å². The lowest BCUT2D eigenvalue weighted by molar-refractivity contribution is 0.145. The molecule has 0 heterocycles. The van der Waals surface area contributed by atoms with Crippen LogP contribution in [0.25, 0.3) is 0 Å². The molecule has 0 fully saturated rings. The monoisotopic (exact) mass is 261 g/mol. The van der Waals surface area contributed by atoms with Crippen molar-refractivity contribution in [2.45, 2.75) is 26.7 Å². The minimum absolute atomic E-state index is 0.794. The summed E-state index contributed by atoms with van der Waals surface area (Å²) in [7, 11) is 0. The van der Waals surface area contributed by atoms with Gasteiger partial charge in [0.1, 0.15) is 0 Å². The van der Waals surface area contributed by atoms with Gasteiger partial charge in [-0.15, -0.1) is 0 Å². The molecular formula is C12H27N3OS. The normalized spacial score (nSPS) is 11.6. The molecule has 0 aliphatic rings. The van der Waals surface area contributed by atoms with Gasteiger partial charge in [0.05, 0.1) is 0 Å². The molecule has 0 aromatic carbocycles. The zero-order valence-electron chi connectivity index (χ0n) is 11.4. The van der Waals surface area contributed by atoms with Crippen LogP contribution in [0.2, 0.25) is 0 Å². The number of rotatable bonds is 10. The van der Waals surface area contributed by atoms with Crippen molar-refractivity contribution in [3.8, 4) is 0 Å². The molecule has 5 heteroatoms. The molecule has 102 valence electrons. The fraction of sp³-hybridized carbons (Fsp3) is 0.917. The second-order valence-corrected chi connectivity index (χ2v) is 4.57. The number of nitrogens with zero attached hydrogens (tertiary/aromatic N) is 1. The third kappa shape index (κ3) is 11.8. The number of aliphatic imine (C=N–C) groups is 1. The highest BCUT2D eigenvalue weighted by Crippen LogP contribution is 1.94. The van der Waals surface area contributed by atoms with Crippen molar-refractivity contribution in [3.05, 3.63) is 0 Å². The van der Waals surface area contributed by atoms with Gasteiger partial charge in [-0.3, -0.25) is 4.99 Å². The first-order valence-corrected chi connectivity index (χ1v) is 7.83. The summed E-state index contributed by atoms with van der Waals surface area (Å²) in [5.41, 5.74) is 0. The fourth-order valence-corrected chi connectivity index (χ4v) is 1.68. The third-order valence-corrected chi connectivity index (χ3v) is 2.78. The maximum absolute atomic E-state index is 5.29. The van der Waals surface area contributed by atoms with Gasteiger partial charge in [-0.25, -0.2) is 0 Å². The molecule has 2 N–H and O–H groups in total. The summed E-state index contributed by atoms with van der Waals surface area (Å²) in [4.78, 5) is 4.51. The van der Waals surface area contributed by atoms with Crippen LogP contribution in [0.5, 0.6) is 0 Å². The van der Waals surface area contributed by atoms with Crippen LogP contribution in [-0.4, -0.2) is 50.8 Å². The Bertz CT molecular complexity index is 189. The van der Waals surface area contributed by atoms with Crippen LogP contribution in [0.15, 0.2) is 4.99 Å². The van der Waals surface area contributed by atoms with Gasteiger partial charge in [0.25, 0.3) is 0 Å². The topological polar surface area (TPSA) is 45.7 Å². The van der Waals surface area contributed by atoms with E-state index in [4.69, 9.17) is 4.74 Å². The predicted octanol–water partition coefficient (Wildman–Crippen LogP) is 1.72. The summed E-state index contributed by atoms with van der Waals surface area (Å²) in [6.07, 6.45) is 4.28. The van der Waals surface area contributed by atoms with Gasteiger partial charge in [0, 0.05) is 32.8 Å². The molecule has 0 rings (SSSR count). The molecule has 0 saturated carbocycles. The van der Waals surface area contributed by atoms with Gasteiger partial charge in [-0.2, -0.15) is 11.8 Å². The average Bonchev–Trinajstić information content (AvgIpc) is 2.34. The summed E-state index contributed by atoms with van der Waals surface area (Å²) >= 11 is 1.87. The SMILES string of the molecule is CCNC(=NCCCSC)NCCCOCC. The lowest BCUT2D eigenvalue weighted by Crippen LogP contribution is -2.38. The largest absolute Gasteiger partial charge is 0.382 e. The number of guanidine groups is 1.